The van der Waals surface area contributed by atoms with Gasteiger partial charge in [-0.1, -0.05) is 23.7 Å². The van der Waals surface area contributed by atoms with Gasteiger partial charge in [-0.3, -0.25) is 9.20 Å². The van der Waals surface area contributed by atoms with E-state index in [1.54, 1.807) is 12.1 Å². The molecule has 0 bridgehead atoms. The number of imidazole rings is 1. The van der Waals surface area contributed by atoms with Crippen molar-refractivity contribution in [2.75, 3.05) is 6.54 Å². The van der Waals surface area contributed by atoms with Crippen molar-refractivity contribution in [3.63, 3.8) is 0 Å². The number of nitrogens with zero attached hydrogens (tertiary/aromatic N) is 2. The second kappa shape index (κ2) is 7.19. The molecule has 0 aliphatic heterocycles. The lowest BCUT2D eigenvalue weighted by molar-refractivity contribution is -0.137. The van der Waals surface area contributed by atoms with E-state index in [1.165, 1.54) is 19.1 Å². The minimum atomic E-state index is -4.60. The normalized spacial score (nSPS) is 11.8. The maximum Gasteiger partial charge on any atom is 0.417 e. The first kappa shape index (κ1) is 19.2. The van der Waals surface area contributed by atoms with Gasteiger partial charge in [0.1, 0.15) is 11.5 Å². The molecule has 142 valence electrons. The van der Waals surface area contributed by atoms with Crippen LogP contribution in [0.15, 0.2) is 36.5 Å². The van der Waals surface area contributed by atoms with Gasteiger partial charge in [-0.05, 0) is 37.1 Å². The summed E-state index contributed by atoms with van der Waals surface area (Å²) >= 11 is 5.91. The van der Waals surface area contributed by atoms with Gasteiger partial charge >= 0.3 is 6.18 Å². The predicted molar refractivity (Wildman–Crippen MR) is 92.4 cm³/mol. The molecule has 0 saturated heterocycles. The molecule has 1 N–H and O–H groups in total. The lowest BCUT2D eigenvalue weighted by atomic mass is 10.1. The van der Waals surface area contributed by atoms with E-state index in [-0.39, 0.29) is 34.4 Å². The zero-order valence-electron chi connectivity index (χ0n) is 14.1. The molecule has 2 aromatic heterocycles. The number of hydrogen-bond donors (Lipinski definition) is 1. The second-order valence-electron chi connectivity index (χ2n) is 5.95. The standard InChI is InChI=1S/C18H14ClF4N3O/c1-10-15(17(27)24-7-6-11-2-4-13(20)5-3-11)26-9-12(18(21,22)23)8-14(19)16(26)25-10/h2-5,8-9H,6-7H2,1H3,(H,24,27). The first-order valence-electron chi connectivity index (χ1n) is 7.95. The quantitative estimate of drug-likeness (QED) is 0.660. The van der Waals surface area contributed by atoms with E-state index in [4.69, 9.17) is 11.6 Å². The van der Waals surface area contributed by atoms with Crippen LogP contribution in [0.2, 0.25) is 5.02 Å². The van der Waals surface area contributed by atoms with Crippen molar-refractivity contribution in [1.29, 1.82) is 0 Å². The Morgan fingerprint density at radius 2 is 1.93 bits per heavy atom. The fourth-order valence-corrected chi connectivity index (χ4v) is 2.95. The first-order valence-corrected chi connectivity index (χ1v) is 8.32. The summed E-state index contributed by atoms with van der Waals surface area (Å²) in [7, 11) is 0. The molecule has 27 heavy (non-hydrogen) atoms. The Balaban J connectivity index is 1.84. The Kier molecular flexibility index (Phi) is 5.10. The van der Waals surface area contributed by atoms with Gasteiger partial charge in [-0.25, -0.2) is 9.37 Å². The van der Waals surface area contributed by atoms with Crippen molar-refractivity contribution in [3.8, 4) is 0 Å². The molecular formula is C18H14ClF4N3O. The molecule has 1 aromatic carbocycles. The third-order valence-corrected chi connectivity index (χ3v) is 4.28. The lowest BCUT2D eigenvalue weighted by Crippen LogP contribution is -2.27. The number of benzene rings is 1. The summed E-state index contributed by atoms with van der Waals surface area (Å²) in [6, 6.07) is 6.59. The SMILES string of the molecule is Cc1nc2c(Cl)cc(C(F)(F)F)cn2c1C(=O)NCCc1ccc(F)cc1. The second-order valence-corrected chi connectivity index (χ2v) is 6.35. The molecule has 0 spiro atoms. The molecule has 4 nitrogen and oxygen atoms in total. The number of rotatable bonds is 4. The number of carbonyl (C=O) groups is 1. The van der Waals surface area contributed by atoms with Crippen molar-refractivity contribution in [3.05, 3.63) is 69.9 Å². The average molecular weight is 400 g/mol. The summed E-state index contributed by atoms with van der Waals surface area (Å²) in [5, 5.41) is 2.44. The van der Waals surface area contributed by atoms with E-state index in [2.05, 4.69) is 10.3 Å². The van der Waals surface area contributed by atoms with Gasteiger partial charge in [0.15, 0.2) is 5.65 Å². The van der Waals surface area contributed by atoms with Gasteiger partial charge < -0.3 is 5.32 Å². The molecular weight excluding hydrogens is 386 g/mol. The van der Waals surface area contributed by atoms with E-state index >= 15 is 0 Å². The molecule has 0 atom stereocenters. The first-order chi connectivity index (χ1) is 12.7. The van der Waals surface area contributed by atoms with Crippen LogP contribution < -0.4 is 5.32 Å². The van der Waals surface area contributed by atoms with E-state index in [0.29, 0.717) is 6.42 Å². The third-order valence-electron chi connectivity index (χ3n) is 4.00. The van der Waals surface area contributed by atoms with Crippen LogP contribution in [-0.4, -0.2) is 21.8 Å². The molecule has 0 aliphatic carbocycles. The topological polar surface area (TPSA) is 46.4 Å². The van der Waals surface area contributed by atoms with Gasteiger partial charge in [0, 0.05) is 12.7 Å². The maximum absolute atomic E-state index is 13.0. The summed E-state index contributed by atoms with van der Waals surface area (Å²) < 4.78 is 53.0. The monoisotopic (exact) mass is 399 g/mol. The molecule has 0 fully saturated rings. The molecule has 9 heteroatoms. The van der Waals surface area contributed by atoms with E-state index in [1.807, 2.05) is 0 Å². The van der Waals surface area contributed by atoms with E-state index in [0.717, 1.165) is 22.2 Å². The van der Waals surface area contributed by atoms with Crippen LogP contribution >= 0.6 is 11.6 Å². The highest BCUT2D eigenvalue weighted by atomic mass is 35.5. The number of hydrogen-bond acceptors (Lipinski definition) is 2. The summed E-state index contributed by atoms with van der Waals surface area (Å²) in [4.78, 5) is 16.6. The van der Waals surface area contributed by atoms with Gasteiger partial charge in [-0.2, -0.15) is 13.2 Å². The van der Waals surface area contributed by atoms with Crippen LogP contribution in [0.4, 0.5) is 17.6 Å². The Bertz CT molecular complexity index is 996. The van der Waals surface area contributed by atoms with Crippen molar-refractivity contribution in [2.45, 2.75) is 19.5 Å². The average Bonchev–Trinajstić information content (AvgIpc) is 2.92. The summed E-state index contributed by atoms with van der Waals surface area (Å²) in [5.41, 5.74) is 0.158. The number of alkyl halides is 3. The predicted octanol–water partition coefficient (Wildman–Crippen LogP) is 4.43. The Morgan fingerprint density at radius 3 is 2.56 bits per heavy atom. The molecule has 0 radical (unpaired) electrons. The highest BCUT2D eigenvalue weighted by Gasteiger charge is 2.32. The smallest absolute Gasteiger partial charge is 0.350 e. The zero-order valence-corrected chi connectivity index (χ0v) is 14.8. The number of aromatic nitrogens is 2. The number of fused-ring (bicyclic) bond motifs is 1. The Labute approximate surface area is 156 Å². The van der Waals surface area contributed by atoms with Crippen LogP contribution in [0, 0.1) is 12.7 Å². The highest BCUT2D eigenvalue weighted by molar-refractivity contribution is 6.33. The van der Waals surface area contributed by atoms with E-state index < -0.39 is 17.6 Å². The van der Waals surface area contributed by atoms with Crippen LogP contribution in [-0.2, 0) is 12.6 Å². The van der Waals surface area contributed by atoms with Crippen LogP contribution in [0.25, 0.3) is 5.65 Å². The molecule has 2 heterocycles. The van der Waals surface area contributed by atoms with Crippen molar-refractivity contribution in [1.82, 2.24) is 14.7 Å². The number of pyridine rings is 1. The van der Waals surface area contributed by atoms with Crippen LogP contribution in [0.1, 0.15) is 27.3 Å². The fourth-order valence-electron chi connectivity index (χ4n) is 2.70. The van der Waals surface area contributed by atoms with Gasteiger partial charge in [0.2, 0.25) is 0 Å². The molecule has 1 amide bonds. The summed E-state index contributed by atoms with van der Waals surface area (Å²) in [6.45, 7) is 1.75. The lowest BCUT2D eigenvalue weighted by Gasteiger charge is -2.10. The number of amides is 1. The zero-order chi connectivity index (χ0) is 19.8. The minimum Gasteiger partial charge on any atom is -0.350 e. The Morgan fingerprint density at radius 1 is 1.26 bits per heavy atom. The van der Waals surface area contributed by atoms with Gasteiger partial charge in [0.25, 0.3) is 5.91 Å². The van der Waals surface area contributed by atoms with Crippen molar-refractivity contribution < 1.29 is 22.4 Å². The van der Waals surface area contributed by atoms with Gasteiger partial charge in [0.05, 0.1) is 16.3 Å². The maximum atomic E-state index is 13.0. The van der Waals surface area contributed by atoms with Crippen LogP contribution in [0.3, 0.4) is 0 Å². The Hall–Kier alpha value is -2.61. The van der Waals surface area contributed by atoms with Crippen LogP contribution in [0.5, 0.6) is 0 Å². The van der Waals surface area contributed by atoms with Gasteiger partial charge in [-0.15, -0.1) is 0 Å². The summed E-state index contributed by atoms with van der Waals surface area (Å²) in [5.74, 6) is -0.931. The number of nitrogens with one attached hydrogen (secondary N) is 1. The summed E-state index contributed by atoms with van der Waals surface area (Å²) in [6.07, 6.45) is -3.36. The third kappa shape index (κ3) is 4.05. The number of halogens is 5. The molecule has 3 aromatic rings. The minimum absolute atomic E-state index is 0.0166. The largest absolute Gasteiger partial charge is 0.417 e. The molecule has 3 rings (SSSR count). The number of aryl methyl sites for hydroxylation is 1. The fraction of sp³-hybridized carbons (Fsp3) is 0.222. The van der Waals surface area contributed by atoms with Crippen molar-refractivity contribution in [2.24, 2.45) is 0 Å². The van der Waals surface area contributed by atoms with E-state index in [9.17, 15) is 22.4 Å². The highest BCUT2D eigenvalue weighted by Crippen LogP contribution is 2.33. The molecule has 0 aliphatic rings. The molecule has 0 unspecified atom stereocenters. The van der Waals surface area contributed by atoms with Crippen molar-refractivity contribution >= 4 is 23.2 Å². The molecule has 0 saturated carbocycles. The number of carbonyl (C=O) groups excluding carboxylic acids is 1.